The van der Waals surface area contributed by atoms with Crippen molar-refractivity contribution in [3.63, 3.8) is 0 Å². The van der Waals surface area contributed by atoms with Crippen LogP contribution in [0.5, 0.6) is 5.75 Å². The number of ether oxygens (including phenoxy) is 1. The highest BCUT2D eigenvalue weighted by Crippen LogP contribution is 2.26. The van der Waals surface area contributed by atoms with Gasteiger partial charge in [-0.2, -0.15) is 0 Å². The largest absolute Gasteiger partial charge is 0.484 e. The Labute approximate surface area is 110 Å². The van der Waals surface area contributed by atoms with Gasteiger partial charge < -0.3 is 14.3 Å². The molecule has 1 aromatic heterocycles. The molecule has 1 N–H and O–H groups in total. The van der Waals surface area contributed by atoms with Crippen molar-refractivity contribution in [1.82, 2.24) is 0 Å². The average Bonchev–Trinajstić information content (AvgIpc) is 2.79. The van der Waals surface area contributed by atoms with Gasteiger partial charge in [0, 0.05) is 6.07 Å². The number of carboxylic acids is 1. The zero-order chi connectivity index (χ0) is 13.1. The molecule has 0 bridgehead atoms. The van der Waals surface area contributed by atoms with E-state index in [2.05, 4.69) is 15.9 Å². The van der Waals surface area contributed by atoms with E-state index in [0.717, 1.165) is 0 Å². The maximum Gasteiger partial charge on any atom is 0.339 e. The zero-order valence-electron chi connectivity index (χ0n) is 9.02. The molecule has 4 nitrogen and oxygen atoms in total. The molecule has 2 rings (SSSR count). The molecule has 18 heavy (non-hydrogen) atoms. The van der Waals surface area contributed by atoms with Crippen LogP contribution < -0.4 is 4.74 Å². The summed E-state index contributed by atoms with van der Waals surface area (Å²) < 4.78 is 23.9. The lowest BCUT2D eigenvalue weighted by Gasteiger charge is -2.07. The van der Waals surface area contributed by atoms with Crippen LogP contribution >= 0.6 is 15.9 Å². The standard InChI is InChI=1S/C12H8BrFO4/c13-9-2-1-7(14)5-10(9)18-6-11-8(12(15)16)3-4-17-11/h1-5H,6H2,(H,15,16). The van der Waals surface area contributed by atoms with Gasteiger partial charge in [0.1, 0.15) is 23.7 Å². The molecule has 0 radical (unpaired) electrons. The molecule has 0 unspecified atom stereocenters. The lowest BCUT2D eigenvalue weighted by atomic mass is 10.2. The highest BCUT2D eigenvalue weighted by Gasteiger charge is 2.14. The normalized spacial score (nSPS) is 10.3. The van der Waals surface area contributed by atoms with E-state index < -0.39 is 11.8 Å². The first-order valence-corrected chi connectivity index (χ1v) is 5.74. The summed E-state index contributed by atoms with van der Waals surface area (Å²) in [5.74, 6) is -1.08. The molecule has 0 spiro atoms. The Morgan fingerprint density at radius 1 is 1.44 bits per heavy atom. The van der Waals surface area contributed by atoms with Crippen LogP contribution in [0, 0.1) is 5.82 Å². The molecule has 0 saturated carbocycles. The Kier molecular flexibility index (Phi) is 3.66. The van der Waals surface area contributed by atoms with Crippen LogP contribution in [0.25, 0.3) is 0 Å². The van der Waals surface area contributed by atoms with Crippen molar-refractivity contribution in [3.8, 4) is 5.75 Å². The summed E-state index contributed by atoms with van der Waals surface area (Å²) in [6.07, 6.45) is 1.27. The third-order valence-corrected chi connectivity index (χ3v) is 2.88. The third kappa shape index (κ3) is 2.70. The Morgan fingerprint density at radius 2 is 2.22 bits per heavy atom. The van der Waals surface area contributed by atoms with E-state index >= 15 is 0 Å². The lowest BCUT2D eigenvalue weighted by molar-refractivity contribution is 0.0691. The summed E-state index contributed by atoms with van der Waals surface area (Å²) in [6, 6.07) is 5.33. The van der Waals surface area contributed by atoms with Gasteiger partial charge in [0.15, 0.2) is 5.76 Å². The predicted molar refractivity (Wildman–Crippen MR) is 64.1 cm³/mol. The van der Waals surface area contributed by atoms with Crippen LogP contribution in [0.4, 0.5) is 4.39 Å². The quantitative estimate of drug-likeness (QED) is 0.939. The molecule has 94 valence electrons. The number of carbonyl (C=O) groups is 1. The Balaban J connectivity index is 2.14. The highest BCUT2D eigenvalue weighted by molar-refractivity contribution is 9.10. The molecule has 2 aromatic rings. The molecule has 6 heteroatoms. The summed E-state index contributed by atoms with van der Waals surface area (Å²) in [6.45, 7) is -0.0866. The van der Waals surface area contributed by atoms with E-state index in [0.29, 0.717) is 4.47 Å². The molecule has 0 aliphatic rings. The van der Waals surface area contributed by atoms with Gasteiger partial charge in [0.25, 0.3) is 0 Å². The monoisotopic (exact) mass is 314 g/mol. The number of carboxylic acid groups (broad SMARTS) is 1. The molecular formula is C12H8BrFO4. The van der Waals surface area contributed by atoms with Crippen LogP contribution in [0.1, 0.15) is 16.1 Å². The van der Waals surface area contributed by atoms with Crippen molar-refractivity contribution in [2.75, 3.05) is 0 Å². The van der Waals surface area contributed by atoms with Crippen LogP contribution in [-0.4, -0.2) is 11.1 Å². The van der Waals surface area contributed by atoms with Gasteiger partial charge in [-0.3, -0.25) is 0 Å². The van der Waals surface area contributed by atoms with E-state index in [-0.39, 0.29) is 23.7 Å². The smallest absolute Gasteiger partial charge is 0.339 e. The van der Waals surface area contributed by atoms with Gasteiger partial charge in [0.2, 0.25) is 0 Å². The zero-order valence-corrected chi connectivity index (χ0v) is 10.6. The summed E-state index contributed by atoms with van der Waals surface area (Å²) in [4.78, 5) is 10.8. The predicted octanol–water partition coefficient (Wildman–Crippen LogP) is 3.46. The van der Waals surface area contributed by atoms with Crippen molar-refractivity contribution in [2.45, 2.75) is 6.61 Å². The molecule has 0 amide bonds. The van der Waals surface area contributed by atoms with Crippen molar-refractivity contribution in [3.05, 3.63) is 52.1 Å². The molecular weight excluding hydrogens is 307 g/mol. The first-order valence-electron chi connectivity index (χ1n) is 4.95. The van der Waals surface area contributed by atoms with Crippen molar-refractivity contribution < 1.29 is 23.4 Å². The molecule has 0 atom stereocenters. The maximum absolute atomic E-state index is 13.0. The van der Waals surface area contributed by atoms with Crippen LogP contribution in [-0.2, 0) is 6.61 Å². The number of rotatable bonds is 4. The van der Waals surface area contributed by atoms with Gasteiger partial charge in [-0.05, 0) is 34.1 Å². The fourth-order valence-corrected chi connectivity index (χ4v) is 1.74. The summed E-state index contributed by atoms with van der Waals surface area (Å²) >= 11 is 3.20. The van der Waals surface area contributed by atoms with Crippen LogP contribution in [0.15, 0.2) is 39.4 Å². The fourth-order valence-electron chi connectivity index (χ4n) is 1.37. The van der Waals surface area contributed by atoms with Gasteiger partial charge in [-0.1, -0.05) is 0 Å². The van der Waals surface area contributed by atoms with Crippen LogP contribution in [0.3, 0.4) is 0 Å². The summed E-state index contributed by atoms with van der Waals surface area (Å²) in [5, 5.41) is 8.87. The molecule has 0 aliphatic carbocycles. The van der Waals surface area contributed by atoms with Gasteiger partial charge >= 0.3 is 5.97 Å². The molecule has 0 saturated heterocycles. The Morgan fingerprint density at radius 3 is 2.94 bits per heavy atom. The molecule has 1 aromatic carbocycles. The van der Waals surface area contributed by atoms with Crippen molar-refractivity contribution in [2.24, 2.45) is 0 Å². The van der Waals surface area contributed by atoms with E-state index in [1.54, 1.807) is 0 Å². The fraction of sp³-hybridized carbons (Fsp3) is 0.0833. The first kappa shape index (κ1) is 12.6. The van der Waals surface area contributed by atoms with E-state index in [9.17, 15) is 9.18 Å². The summed E-state index contributed by atoms with van der Waals surface area (Å²) in [5.41, 5.74) is 0.0301. The Bertz CT molecular complexity index is 579. The minimum Gasteiger partial charge on any atom is -0.484 e. The SMILES string of the molecule is O=C(O)c1ccoc1COc1cc(F)ccc1Br. The number of benzene rings is 1. The third-order valence-electron chi connectivity index (χ3n) is 2.23. The summed E-state index contributed by atoms with van der Waals surface area (Å²) in [7, 11) is 0. The second-order valence-corrected chi connectivity index (χ2v) is 4.28. The minimum atomic E-state index is -1.10. The maximum atomic E-state index is 13.0. The molecule has 0 aliphatic heterocycles. The number of hydrogen-bond acceptors (Lipinski definition) is 3. The lowest BCUT2D eigenvalue weighted by Crippen LogP contribution is -2.03. The second-order valence-electron chi connectivity index (χ2n) is 3.43. The average molecular weight is 315 g/mol. The van der Waals surface area contributed by atoms with E-state index in [4.69, 9.17) is 14.3 Å². The Hall–Kier alpha value is -1.82. The van der Waals surface area contributed by atoms with E-state index in [1.165, 1.54) is 30.5 Å². The topological polar surface area (TPSA) is 59.7 Å². The van der Waals surface area contributed by atoms with Gasteiger partial charge in [-0.15, -0.1) is 0 Å². The molecule has 1 heterocycles. The number of aromatic carboxylic acids is 1. The first-order chi connectivity index (χ1) is 8.58. The second kappa shape index (κ2) is 5.22. The van der Waals surface area contributed by atoms with Crippen LogP contribution in [0.2, 0.25) is 0 Å². The van der Waals surface area contributed by atoms with Crippen molar-refractivity contribution in [1.29, 1.82) is 0 Å². The highest BCUT2D eigenvalue weighted by atomic mass is 79.9. The van der Waals surface area contributed by atoms with Gasteiger partial charge in [-0.25, -0.2) is 9.18 Å². The van der Waals surface area contributed by atoms with Crippen molar-refractivity contribution >= 4 is 21.9 Å². The number of hydrogen-bond donors (Lipinski definition) is 1. The van der Waals surface area contributed by atoms with E-state index in [1.807, 2.05) is 0 Å². The number of halogens is 2. The van der Waals surface area contributed by atoms with Gasteiger partial charge in [0.05, 0.1) is 10.7 Å². The number of furan rings is 1. The minimum absolute atomic E-state index is 0.0301. The molecule has 0 fully saturated rings.